The fourth-order valence-corrected chi connectivity index (χ4v) is 3.70. The fraction of sp³-hybridized carbons (Fsp3) is 0.348. The van der Waals surface area contributed by atoms with Crippen molar-refractivity contribution in [2.45, 2.75) is 44.2 Å². The molecule has 0 bridgehead atoms. The predicted octanol–water partition coefficient (Wildman–Crippen LogP) is 1.85. The van der Waals surface area contributed by atoms with Crippen molar-refractivity contribution < 1.29 is 24.3 Å². The first-order valence-corrected chi connectivity index (χ1v) is 10.3. The Kier molecular flexibility index (Phi) is 7.48. The lowest BCUT2D eigenvalue weighted by Crippen LogP contribution is -2.44. The van der Waals surface area contributed by atoms with E-state index < -0.39 is 18.1 Å². The number of carbonyl (C=O) groups is 4. The highest BCUT2D eigenvalue weighted by atomic mass is 16.4. The number of amides is 2. The molecule has 2 amide bonds. The molecule has 1 aliphatic rings. The molecule has 1 unspecified atom stereocenters. The molecule has 1 aliphatic heterocycles. The smallest absolute Gasteiger partial charge is 0.326 e. The van der Waals surface area contributed by atoms with Crippen LogP contribution in [0.5, 0.6) is 0 Å². The molecule has 8 heteroatoms. The van der Waals surface area contributed by atoms with Crippen LogP contribution in [0, 0.1) is 0 Å². The molecule has 1 saturated heterocycles. The van der Waals surface area contributed by atoms with E-state index in [0.29, 0.717) is 24.9 Å². The van der Waals surface area contributed by atoms with Crippen molar-refractivity contribution in [3.05, 3.63) is 66.0 Å². The van der Waals surface area contributed by atoms with E-state index in [1.807, 2.05) is 6.07 Å². The van der Waals surface area contributed by atoms with Gasteiger partial charge in [0, 0.05) is 43.8 Å². The van der Waals surface area contributed by atoms with Crippen LogP contribution < -0.4 is 5.32 Å². The Hall–Kier alpha value is -3.55. The number of aromatic nitrogens is 1. The number of benzene rings is 1. The van der Waals surface area contributed by atoms with E-state index in [1.165, 1.54) is 4.90 Å². The number of likely N-dealkylation sites (tertiary alicyclic amines) is 1. The highest BCUT2D eigenvalue weighted by Gasteiger charge is 2.34. The molecule has 0 spiro atoms. The molecule has 1 aromatic heterocycles. The molecule has 2 atom stereocenters. The summed E-state index contributed by atoms with van der Waals surface area (Å²) in [6.07, 6.45) is 4.38. The zero-order valence-electron chi connectivity index (χ0n) is 17.1. The van der Waals surface area contributed by atoms with Gasteiger partial charge in [-0.25, -0.2) is 4.79 Å². The molecule has 2 heterocycles. The number of rotatable bonds is 9. The molecule has 0 saturated carbocycles. The topological polar surface area (TPSA) is 117 Å². The molecule has 31 heavy (non-hydrogen) atoms. The first kappa shape index (κ1) is 22.1. The van der Waals surface area contributed by atoms with E-state index >= 15 is 0 Å². The van der Waals surface area contributed by atoms with E-state index in [1.54, 1.807) is 48.8 Å². The van der Waals surface area contributed by atoms with E-state index in [0.717, 1.165) is 5.56 Å². The second-order valence-electron chi connectivity index (χ2n) is 7.51. The van der Waals surface area contributed by atoms with E-state index in [4.69, 9.17) is 0 Å². The highest BCUT2D eigenvalue weighted by Crippen LogP contribution is 2.19. The molecule has 2 N–H and O–H groups in total. The van der Waals surface area contributed by atoms with Gasteiger partial charge in [0.2, 0.25) is 5.91 Å². The fourth-order valence-electron chi connectivity index (χ4n) is 3.70. The summed E-state index contributed by atoms with van der Waals surface area (Å²) in [5.74, 6) is -2.04. The van der Waals surface area contributed by atoms with Gasteiger partial charge in [0.1, 0.15) is 6.04 Å². The van der Waals surface area contributed by atoms with Crippen molar-refractivity contribution in [3.8, 4) is 0 Å². The van der Waals surface area contributed by atoms with Gasteiger partial charge >= 0.3 is 5.97 Å². The number of carboxylic acids is 1. The SMILES string of the molecule is O=C(NC(Cc1cccnc1)C(=O)CCC(=O)N1CCC[C@H]1C(=O)O)c1ccccc1. The van der Waals surface area contributed by atoms with Crippen LogP contribution in [0.4, 0.5) is 0 Å². The summed E-state index contributed by atoms with van der Waals surface area (Å²) in [7, 11) is 0. The number of carboxylic acid groups (broad SMARTS) is 1. The molecular formula is C23H25N3O5. The maximum Gasteiger partial charge on any atom is 0.326 e. The first-order valence-electron chi connectivity index (χ1n) is 10.3. The number of nitrogens with zero attached hydrogens (tertiary/aromatic N) is 2. The number of carbonyl (C=O) groups excluding carboxylic acids is 3. The summed E-state index contributed by atoms with van der Waals surface area (Å²) >= 11 is 0. The number of nitrogens with one attached hydrogen (secondary N) is 1. The molecule has 162 valence electrons. The van der Waals surface area contributed by atoms with Crippen molar-refractivity contribution in [2.24, 2.45) is 0 Å². The van der Waals surface area contributed by atoms with Crippen LogP contribution >= 0.6 is 0 Å². The van der Waals surface area contributed by atoms with Gasteiger partial charge in [-0.1, -0.05) is 24.3 Å². The van der Waals surface area contributed by atoms with Gasteiger partial charge in [-0.15, -0.1) is 0 Å². The van der Waals surface area contributed by atoms with Gasteiger partial charge in [-0.05, 0) is 36.6 Å². The zero-order chi connectivity index (χ0) is 22.2. The normalized spacial score (nSPS) is 16.5. The summed E-state index contributed by atoms with van der Waals surface area (Å²) in [5.41, 5.74) is 1.22. The maximum absolute atomic E-state index is 12.9. The molecule has 2 aromatic rings. The van der Waals surface area contributed by atoms with Crippen LogP contribution in [0.25, 0.3) is 0 Å². The third kappa shape index (κ3) is 5.97. The van der Waals surface area contributed by atoms with E-state index in [2.05, 4.69) is 10.3 Å². The standard InChI is InChI=1S/C23H25N3O5/c27-20(10-11-21(28)26-13-5-9-19(26)23(30)31)18(14-16-6-4-12-24-15-16)25-22(29)17-7-2-1-3-8-17/h1-4,6-8,12,15,18-19H,5,9-11,13-14H2,(H,25,29)(H,30,31)/t18?,19-/m0/s1. The second-order valence-corrected chi connectivity index (χ2v) is 7.51. The molecular weight excluding hydrogens is 398 g/mol. The van der Waals surface area contributed by atoms with E-state index in [9.17, 15) is 24.3 Å². The van der Waals surface area contributed by atoms with Gasteiger partial charge in [-0.2, -0.15) is 0 Å². The van der Waals surface area contributed by atoms with Crippen LogP contribution in [0.2, 0.25) is 0 Å². The van der Waals surface area contributed by atoms with Gasteiger partial charge in [0.05, 0.1) is 6.04 Å². The number of pyridine rings is 1. The summed E-state index contributed by atoms with van der Waals surface area (Å²) in [6, 6.07) is 10.5. The minimum atomic E-state index is -1.03. The largest absolute Gasteiger partial charge is 0.480 e. The monoisotopic (exact) mass is 423 g/mol. The highest BCUT2D eigenvalue weighted by molar-refractivity contribution is 5.98. The van der Waals surface area contributed by atoms with Crippen LogP contribution in [0.3, 0.4) is 0 Å². The van der Waals surface area contributed by atoms with E-state index in [-0.39, 0.29) is 36.9 Å². The van der Waals surface area contributed by atoms with Gasteiger partial charge in [0.15, 0.2) is 5.78 Å². The third-order valence-corrected chi connectivity index (χ3v) is 5.34. The van der Waals surface area contributed by atoms with Crippen molar-refractivity contribution in [1.82, 2.24) is 15.2 Å². The average Bonchev–Trinajstić information content (AvgIpc) is 3.28. The second kappa shape index (κ2) is 10.5. The molecule has 0 aliphatic carbocycles. The Balaban J connectivity index is 1.66. The minimum absolute atomic E-state index is 0.0817. The number of hydrogen-bond acceptors (Lipinski definition) is 5. The van der Waals surface area contributed by atoms with Crippen molar-refractivity contribution >= 4 is 23.6 Å². The average molecular weight is 423 g/mol. The predicted molar refractivity (Wildman–Crippen MR) is 112 cm³/mol. The number of hydrogen-bond donors (Lipinski definition) is 2. The van der Waals surface area contributed by atoms with Crippen molar-refractivity contribution in [1.29, 1.82) is 0 Å². The lowest BCUT2D eigenvalue weighted by molar-refractivity contribution is -0.148. The molecule has 1 fully saturated rings. The minimum Gasteiger partial charge on any atom is -0.480 e. The molecule has 3 rings (SSSR count). The van der Waals surface area contributed by atoms with Gasteiger partial charge in [0.25, 0.3) is 5.91 Å². The van der Waals surface area contributed by atoms with Gasteiger partial charge < -0.3 is 15.3 Å². The number of Topliss-reactive ketones (excluding diaryl/α,β-unsaturated/α-hetero) is 1. The Morgan fingerprint density at radius 1 is 1.10 bits per heavy atom. The summed E-state index contributed by atoms with van der Waals surface area (Å²) in [5, 5.41) is 12.0. The Labute approximate surface area is 180 Å². The van der Waals surface area contributed by atoms with Crippen LogP contribution in [-0.4, -0.2) is 57.2 Å². The third-order valence-electron chi connectivity index (χ3n) is 5.34. The Morgan fingerprint density at radius 2 is 1.87 bits per heavy atom. The van der Waals surface area contributed by atoms with Crippen molar-refractivity contribution in [2.75, 3.05) is 6.54 Å². The van der Waals surface area contributed by atoms with Gasteiger partial charge in [-0.3, -0.25) is 19.4 Å². The first-order chi connectivity index (χ1) is 15.0. The molecule has 0 radical (unpaired) electrons. The molecule has 8 nitrogen and oxygen atoms in total. The van der Waals surface area contributed by atoms with Crippen LogP contribution in [-0.2, 0) is 20.8 Å². The van der Waals surface area contributed by atoms with Crippen LogP contribution in [0.15, 0.2) is 54.9 Å². The zero-order valence-corrected chi connectivity index (χ0v) is 17.1. The Morgan fingerprint density at radius 3 is 2.55 bits per heavy atom. The number of ketones is 1. The summed E-state index contributed by atoms with van der Waals surface area (Å²) < 4.78 is 0. The van der Waals surface area contributed by atoms with Crippen LogP contribution in [0.1, 0.15) is 41.6 Å². The quantitative estimate of drug-likeness (QED) is 0.636. The maximum atomic E-state index is 12.9. The molecule has 1 aromatic carbocycles. The van der Waals surface area contributed by atoms with Crippen molar-refractivity contribution in [3.63, 3.8) is 0 Å². The number of aliphatic carboxylic acids is 1. The lowest BCUT2D eigenvalue weighted by atomic mass is 9.99. The summed E-state index contributed by atoms with van der Waals surface area (Å²) in [6.45, 7) is 0.383. The summed E-state index contributed by atoms with van der Waals surface area (Å²) in [4.78, 5) is 54.7. The lowest BCUT2D eigenvalue weighted by Gasteiger charge is -2.22. The Bertz CT molecular complexity index is 933.